The van der Waals surface area contributed by atoms with Crippen molar-refractivity contribution in [2.75, 3.05) is 25.2 Å². The predicted octanol–water partition coefficient (Wildman–Crippen LogP) is 1.27. The SMILES string of the molecule is COc1ccc(-c2noc(CNC[C@@H]3CCS(=O)(=O)C3)n2)cc1. The van der Waals surface area contributed by atoms with Crippen molar-refractivity contribution in [3.63, 3.8) is 0 Å². The summed E-state index contributed by atoms with van der Waals surface area (Å²) in [6, 6.07) is 7.41. The van der Waals surface area contributed by atoms with E-state index in [1.165, 1.54) is 0 Å². The third-order valence-electron chi connectivity index (χ3n) is 3.85. The number of hydrogen-bond donors (Lipinski definition) is 1. The van der Waals surface area contributed by atoms with Crippen LogP contribution in [-0.2, 0) is 16.4 Å². The molecule has 0 amide bonds. The van der Waals surface area contributed by atoms with Crippen LogP contribution in [-0.4, -0.2) is 43.7 Å². The molecule has 7 nitrogen and oxygen atoms in total. The Bertz CT molecular complexity index is 755. The summed E-state index contributed by atoms with van der Waals surface area (Å²) in [6.07, 6.45) is 0.719. The molecule has 0 radical (unpaired) electrons. The summed E-state index contributed by atoms with van der Waals surface area (Å²) >= 11 is 0. The fourth-order valence-corrected chi connectivity index (χ4v) is 4.46. The van der Waals surface area contributed by atoms with Crippen molar-refractivity contribution < 1.29 is 17.7 Å². The van der Waals surface area contributed by atoms with Crippen molar-refractivity contribution >= 4 is 9.84 Å². The second-order valence-corrected chi connectivity index (χ2v) is 7.87. The van der Waals surface area contributed by atoms with Crippen LogP contribution in [0.25, 0.3) is 11.4 Å². The normalized spacial score (nSPS) is 19.8. The van der Waals surface area contributed by atoms with Gasteiger partial charge < -0.3 is 14.6 Å². The summed E-state index contributed by atoms with van der Waals surface area (Å²) < 4.78 is 33.1. The number of aromatic nitrogens is 2. The largest absolute Gasteiger partial charge is 0.497 e. The molecule has 1 atom stereocenters. The maximum atomic E-state index is 11.4. The molecule has 1 aliphatic heterocycles. The molecule has 124 valence electrons. The van der Waals surface area contributed by atoms with Crippen LogP contribution in [0.15, 0.2) is 28.8 Å². The molecule has 0 saturated carbocycles. The molecule has 1 aliphatic rings. The second kappa shape index (κ2) is 6.67. The first-order valence-corrected chi connectivity index (χ1v) is 9.26. The number of hydrogen-bond acceptors (Lipinski definition) is 7. The van der Waals surface area contributed by atoms with Gasteiger partial charge in [0.25, 0.3) is 0 Å². The number of nitrogens with one attached hydrogen (secondary N) is 1. The molecule has 8 heteroatoms. The average molecular weight is 337 g/mol. The van der Waals surface area contributed by atoms with E-state index in [1.54, 1.807) is 7.11 Å². The van der Waals surface area contributed by atoms with Crippen LogP contribution >= 0.6 is 0 Å². The standard InChI is InChI=1S/C15H19N3O4S/c1-21-13-4-2-12(3-5-13)15-17-14(22-18-15)9-16-8-11-6-7-23(19,20)10-11/h2-5,11,16H,6-10H2,1H3/t11-/m0/s1. The predicted molar refractivity (Wildman–Crippen MR) is 84.8 cm³/mol. The van der Waals surface area contributed by atoms with Gasteiger partial charge in [-0.1, -0.05) is 5.16 Å². The van der Waals surface area contributed by atoms with E-state index in [0.717, 1.165) is 17.7 Å². The van der Waals surface area contributed by atoms with Crippen LogP contribution in [0.4, 0.5) is 0 Å². The van der Waals surface area contributed by atoms with Crippen molar-refractivity contribution in [2.45, 2.75) is 13.0 Å². The molecular weight excluding hydrogens is 318 g/mol. The quantitative estimate of drug-likeness (QED) is 0.848. The fraction of sp³-hybridized carbons (Fsp3) is 0.467. The highest BCUT2D eigenvalue weighted by Gasteiger charge is 2.27. The Morgan fingerprint density at radius 2 is 2.13 bits per heavy atom. The molecule has 2 aromatic rings. The van der Waals surface area contributed by atoms with Crippen molar-refractivity contribution in [3.8, 4) is 17.1 Å². The van der Waals surface area contributed by atoms with Crippen molar-refractivity contribution in [2.24, 2.45) is 5.92 Å². The zero-order chi connectivity index (χ0) is 16.3. The average Bonchev–Trinajstić information content (AvgIpc) is 3.14. The third kappa shape index (κ3) is 4.08. The van der Waals surface area contributed by atoms with Gasteiger partial charge in [0.15, 0.2) is 9.84 Å². The van der Waals surface area contributed by atoms with E-state index >= 15 is 0 Å². The van der Waals surface area contributed by atoms with Crippen LogP contribution in [0.2, 0.25) is 0 Å². The lowest BCUT2D eigenvalue weighted by molar-refractivity contribution is 0.362. The Hall–Kier alpha value is -1.93. The molecule has 1 N–H and O–H groups in total. The van der Waals surface area contributed by atoms with E-state index < -0.39 is 9.84 Å². The summed E-state index contributed by atoms with van der Waals surface area (Å²) in [5, 5.41) is 7.14. The molecule has 2 heterocycles. The minimum Gasteiger partial charge on any atom is -0.497 e. The summed E-state index contributed by atoms with van der Waals surface area (Å²) in [4.78, 5) is 4.33. The van der Waals surface area contributed by atoms with Gasteiger partial charge in [-0.3, -0.25) is 0 Å². The lowest BCUT2D eigenvalue weighted by Crippen LogP contribution is -2.23. The third-order valence-corrected chi connectivity index (χ3v) is 5.69. The van der Waals surface area contributed by atoms with E-state index in [-0.39, 0.29) is 11.7 Å². The molecule has 3 rings (SSSR count). The van der Waals surface area contributed by atoms with Gasteiger partial charge in [-0.2, -0.15) is 4.98 Å². The molecule has 0 spiro atoms. The first kappa shape index (κ1) is 15.9. The van der Waals surface area contributed by atoms with Crippen LogP contribution in [0.3, 0.4) is 0 Å². The van der Waals surface area contributed by atoms with Crippen molar-refractivity contribution in [1.29, 1.82) is 0 Å². The molecule has 0 bridgehead atoms. The number of sulfone groups is 1. The first-order chi connectivity index (χ1) is 11.1. The van der Waals surface area contributed by atoms with Crippen LogP contribution in [0.1, 0.15) is 12.3 Å². The minimum atomic E-state index is -2.83. The number of ether oxygens (including phenoxy) is 1. The van der Waals surface area contributed by atoms with Crippen LogP contribution in [0, 0.1) is 5.92 Å². The van der Waals surface area contributed by atoms with Gasteiger partial charge in [-0.25, -0.2) is 8.42 Å². The molecule has 1 aromatic carbocycles. The van der Waals surface area contributed by atoms with Gasteiger partial charge in [0, 0.05) is 5.56 Å². The van der Waals surface area contributed by atoms with Crippen molar-refractivity contribution in [3.05, 3.63) is 30.2 Å². The highest BCUT2D eigenvalue weighted by atomic mass is 32.2. The fourth-order valence-electron chi connectivity index (χ4n) is 2.60. The Morgan fingerprint density at radius 1 is 1.35 bits per heavy atom. The molecule has 0 aliphatic carbocycles. The van der Waals surface area contributed by atoms with E-state index in [2.05, 4.69) is 15.5 Å². The molecular formula is C15H19N3O4S. The first-order valence-electron chi connectivity index (χ1n) is 7.44. The molecule has 1 aromatic heterocycles. The zero-order valence-electron chi connectivity index (χ0n) is 12.9. The maximum Gasteiger partial charge on any atom is 0.240 e. The van der Waals surface area contributed by atoms with Gasteiger partial charge >= 0.3 is 0 Å². The Labute approximate surface area is 135 Å². The van der Waals surface area contributed by atoms with E-state index in [1.807, 2.05) is 24.3 Å². The Morgan fingerprint density at radius 3 is 2.78 bits per heavy atom. The van der Waals surface area contributed by atoms with Crippen LogP contribution in [0.5, 0.6) is 5.75 Å². The van der Waals surface area contributed by atoms with E-state index in [9.17, 15) is 8.42 Å². The topological polar surface area (TPSA) is 94.3 Å². The lowest BCUT2D eigenvalue weighted by atomic mass is 10.1. The molecule has 1 fully saturated rings. The minimum absolute atomic E-state index is 0.170. The summed E-state index contributed by atoms with van der Waals surface area (Å²) in [5.74, 6) is 2.50. The lowest BCUT2D eigenvalue weighted by Gasteiger charge is -2.06. The van der Waals surface area contributed by atoms with Crippen LogP contribution < -0.4 is 10.1 Å². The maximum absolute atomic E-state index is 11.4. The molecule has 0 unspecified atom stereocenters. The molecule has 1 saturated heterocycles. The van der Waals surface area contributed by atoms with E-state index in [0.29, 0.717) is 30.6 Å². The number of benzene rings is 1. The summed E-state index contributed by atoms with van der Waals surface area (Å²) in [6.45, 7) is 1.07. The Kier molecular flexibility index (Phi) is 4.63. The number of nitrogens with zero attached hydrogens (tertiary/aromatic N) is 2. The van der Waals surface area contributed by atoms with Gasteiger partial charge in [0.05, 0.1) is 25.2 Å². The summed E-state index contributed by atoms with van der Waals surface area (Å²) in [7, 11) is -1.22. The van der Waals surface area contributed by atoms with Gasteiger partial charge in [0.1, 0.15) is 5.75 Å². The smallest absolute Gasteiger partial charge is 0.240 e. The van der Waals surface area contributed by atoms with Crippen molar-refractivity contribution in [1.82, 2.24) is 15.5 Å². The van der Waals surface area contributed by atoms with Gasteiger partial charge in [-0.15, -0.1) is 0 Å². The molecule has 23 heavy (non-hydrogen) atoms. The van der Waals surface area contributed by atoms with E-state index in [4.69, 9.17) is 9.26 Å². The highest BCUT2D eigenvalue weighted by molar-refractivity contribution is 7.91. The Balaban J connectivity index is 1.53. The number of methoxy groups -OCH3 is 1. The second-order valence-electron chi connectivity index (χ2n) is 5.64. The summed E-state index contributed by atoms with van der Waals surface area (Å²) in [5.41, 5.74) is 0.850. The monoisotopic (exact) mass is 337 g/mol. The van der Waals surface area contributed by atoms with Gasteiger partial charge in [0.2, 0.25) is 11.7 Å². The number of rotatable bonds is 6. The highest BCUT2D eigenvalue weighted by Crippen LogP contribution is 2.20. The van der Waals surface area contributed by atoms with Gasteiger partial charge in [-0.05, 0) is 43.1 Å². The zero-order valence-corrected chi connectivity index (χ0v) is 13.7.